The van der Waals surface area contributed by atoms with Gasteiger partial charge in [-0.1, -0.05) is 6.08 Å². The first-order valence-corrected chi connectivity index (χ1v) is 7.02. The molecule has 0 aliphatic heterocycles. The van der Waals surface area contributed by atoms with E-state index in [9.17, 15) is 9.59 Å². The zero-order chi connectivity index (χ0) is 13.8. The van der Waals surface area contributed by atoms with Crippen LogP contribution in [0.3, 0.4) is 0 Å². The van der Waals surface area contributed by atoms with Crippen molar-refractivity contribution in [1.82, 2.24) is 10.2 Å². The van der Waals surface area contributed by atoms with Crippen LogP contribution in [0.5, 0.6) is 0 Å². The second kappa shape index (κ2) is 6.08. The minimum atomic E-state index is -0.712. The van der Waals surface area contributed by atoms with Gasteiger partial charge in [-0.3, -0.25) is 4.79 Å². The van der Waals surface area contributed by atoms with Gasteiger partial charge < -0.3 is 15.3 Å². The SMILES string of the molecule is C=CCN(C(=O)NC1CCC(C(=O)O)CC1)C1CC1. The predicted octanol–water partition coefficient (Wildman–Crippen LogP) is 1.99. The Morgan fingerprint density at radius 2 is 1.84 bits per heavy atom. The molecule has 5 nitrogen and oxygen atoms in total. The summed E-state index contributed by atoms with van der Waals surface area (Å²) < 4.78 is 0. The van der Waals surface area contributed by atoms with Crippen LogP contribution in [0.4, 0.5) is 4.79 Å². The Morgan fingerprint density at radius 3 is 2.32 bits per heavy atom. The molecule has 0 aromatic carbocycles. The summed E-state index contributed by atoms with van der Waals surface area (Å²) in [5.74, 6) is -0.947. The fourth-order valence-corrected chi connectivity index (χ4v) is 2.67. The lowest BCUT2D eigenvalue weighted by Gasteiger charge is -2.29. The van der Waals surface area contributed by atoms with Gasteiger partial charge in [0, 0.05) is 18.6 Å². The third-order valence-corrected chi connectivity index (χ3v) is 3.98. The maximum atomic E-state index is 12.1. The van der Waals surface area contributed by atoms with E-state index in [1.165, 1.54) is 0 Å². The average Bonchev–Trinajstić information content (AvgIpc) is 3.20. The molecule has 0 bridgehead atoms. The summed E-state index contributed by atoms with van der Waals surface area (Å²) in [6.45, 7) is 4.27. The van der Waals surface area contributed by atoms with Crippen LogP contribution >= 0.6 is 0 Å². The Kier molecular flexibility index (Phi) is 4.45. The molecule has 0 spiro atoms. The van der Waals surface area contributed by atoms with Gasteiger partial charge in [-0.25, -0.2) is 4.79 Å². The number of carbonyl (C=O) groups is 2. The van der Waals surface area contributed by atoms with Gasteiger partial charge >= 0.3 is 12.0 Å². The minimum absolute atomic E-state index is 0.0267. The van der Waals surface area contributed by atoms with E-state index in [0.29, 0.717) is 25.4 Å². The molecule has 2 rings (SSSR count). The lowest BCUT2D eigenvalue weighted by Crippen LogP contribution is -2.47. The lowest BCUT2D eigenvalue weighted by molar-refractivity contribution is -0.142. The lowest BCUT2D eigenvalue weighted by atomic mass is 9.86. The van der Waals surface area contributed by atoms with E-state index in [1.54, 1.807) is 6.08 Å². The number of nitrogens with one attached hydrogen (secondary N) is 1. The van der Waals surface area contributed by atoms with Crippen molar-refractivity contribution in [3.63, 3.8) is 0 Å². The minimum Gasteiger partial charge on any atom is -0.481 e. The Hall–Kier alpha value is -1.52. The van der Waals surface area contributed by atoms with Crippen molar-refractivity contribution in [2.24, 2.45) is 5.92 Å². The summed E-state index contributed by atoms with van der Waals surface area (Å²) in [5.41, 5.74) is 0. The Bertz CT molecular complexity index is 358. The van der Waals surface area contributed by atoms with E-state index in [1.807, 2.05) is 4.90 Å². The topological polar surface area (TPSA) is 69.6 Å². The standard InChI is InChI=1S/C14H22N2O3/c1-2-9-16(12-7-8-12)14(19)15-11-5-3-10(4-6-11)13(17)18/h2,10-12H,1,3-9H2,(H,15,19)(H,17,18). The molecule has 2 N–H and O–H groups in total. The van der Waals surface area contributed by atoms with Crippen LogP contribution in [0.1, 0.15) is 38.5 Å². The number of rotatable bonds is 5. The maximum absolute atomic E-state index is 12.1. The van der Waals surface area contributed by atoms with Gasteiger partial charge in [-0.2, -0.15) is 0 Å². The number of amides is 2. The molecule has 2 amide bonds. The first-order chi connectivity index (χ1) is 9.11. The molecule has 0 aromatic heterocycles. The van der Waals surface area contributed by atoms with Gasteiger partial charge in [0.1, 0.15) is 0 Å². The molecule has 0 atom stereocenters. The molecule has 0 heterocycles. The summed E-state index contributed by atoms with van der Waals surface area (Å²) in [7, 11) is 0. The fraction of sp³-hybridized carbons (Fsp3) is 0.714. The normalized spacial score (nSPS) is 26.5. The van der Waals surface area contributed by atoms with Gasteiger partial charge in [0.2, 0.25) is 0 Å². The number of hydrogen-bond acceptors (Lipinski definition) is 2. The number of hydrogen-bond donors (Lipinski definition) is 2. The molecule has 0 saturated heterocycles. The van der Waals surface area contributed by atoms with Crippen LogP contribution < -0.4 is 5.32 Å². The van der Waals surface area contributed by atoms with E-state index in [0.717, 1.165) is 25.7 Å². The number of carboxylic acids is 1. The third kappa shape index (κ3) is 3.72. The smallest absolute Gasteiger partial charge is 0.318 e. The van der Waals surface area contributed by atoms with E-state index < -0.39 is 5.97 Å². The van der Waals surface area contributed by atoms with Crippen LogP contribution in [0.25, 0.3) is 0 Å². The Labute approximate surface area is 113 Å². The molecule has 2 saturated carbocycles. The van der Waals surface area contributed by atoms with Crippen molar-refractivity contribution >= 4 is 12.0 Å². The summed E-state index contributed by atoms with van der Waals surface area (Å²) in [4.78, 5) is 24.8. The van der Waals surface area contributed by atoms with Crippen LogP contribution in [-0.4, -0.2) is 40.6 Å². The molecule has 0 radical (unpaired) electrons. The summed E-state index contributed by atoms with van der Waals surface area (Å²) in [6, 6.07) is 0.462. The Balaban J connectivity index is 1.79. The highest BCUT2D eigenvalue weighted by Crippen LogP contribution is 2.28. The van der Waals surface area contributed by atoms with E-state index in [-0.39, 0.29) is 18.0 Å². The summed E-state index contributed by atoms with van der Waals surface area (Å²) in [6.07, 6.45) is 6.74. The average molecular weight is 266 g/mol. The number of aliphatic carboxylic acids is 1. The fourth-order valence-electron chi connectivity index (χ4n) is 2.67. The molecule has 2 aliphatic carbocycles. The van der Waals surface area contributed by atoms with E-state index in [4.69, 9.17) is 5.11 Å². The number of urea groups is 1. The van der Waals surface area contributed by atoms with Crippen LogP contribution in [0.2, 0.25) is 0 Å². The molecule has 19 heavy (non-hydrogen) atoms. The quantitative estimate of drug-likeness (QED) is 0.748. The van der Waals surface area contributed by atoms with Gasteiger partial charge in [-0.05, 0) is 38.5 Å². The van der Waals surface area contributed by atoms with Crippen molar-refractivity contribution in [3.05, 3.63) is 12.7 Å². The maximum Gasteiger partial charge on any atom is 0.318 e. The van der Waals surface area contributed by atoms with Crippen molar-refractivity contribution in [2.45, 2.75) is 50.6 Å². The number of carbonyl (C=O) groups excluding carboxylic acids is 1. The number of nitrogens with zero attached hydrogens (tertiary/aromatic N) is 1. The van der Waals surface area contributed by atoms with Crippen molar-refractivity contribution in [1.29, 1.82) is 0 Å². The number of carboxylic acid groups (broad SMARTS) is 1. The van der Waals surface area contributed by atoms with E-state index >= 15 is 0 Å². The first kappa shape index (κ1) is 13.9. The molecule has 2 fully saturated rings. The van der Waals surface area contributed by atoms with Crippen molar-refractivity contribution < 1.29 is 14.7 Å². The largest absolute Gasteiger partial charge is 0.481 e. The van der Waals surface area contributed by atoms with Crippen LogP contribution in [0.15, 0.2) is 12.7 Å². The molecule has 0 unspecified atom stereocenters. The van der Waals surface area contributed by atoms with Gasteiger partial charge in [-0.15, -0.1) is 6.58 Å². The summed E-state index contributed by atoms with van der Waals surface area (Å²) in [5, 5.41) is 12.0. The first-order valence-electron chi connectivity index (χ1n) is 7.02. The van der Waals surface area contributed by atoms with Crippen LogP contribution in [-0.2, 0) is 4.79 Å². The molecule has 5 heteroatoms. The zero-order valence-electron chi connectivity index (χ0n) is 11.2. The molecular formula is C14H22N2O3. The van der Waals surface area contributed by atoms with Crippen molar-refractivity contribution in [3.8, 4) is 0 Å². The molecule has 0 aromatic rings. The highest BCUT2D eigenvalue weighted by Gasteiger charge is 2.33. The van der Waals surface area contributed by atoms with E-state index in [2.05, 4.69) is 11.9 Å². The highest BCUT2D eigenvalue weighted by molar-refractivity contribution is 5.75. The van der Waals surface area contributed by atoms with Gasteiger partial charge in [0.05, 0.1) is 5.92 Å². The molecule has 2 aliphatic rings. The zero-order valence-corrected chi connectivity index (χ0v) is 11.2. The molecular weight excluding hydrogens is 244 g/mol. The second-order valence-electron chi connectivity index (χ2n) is 5.51. The second-order valence-corrected chi connectivity index (χ2v) is 5.51. The summed E-state index contributed by atoms with van der Waals surface area (Å²) >= 11 is 0. The van der Waals surface area contributed by atoms with Gasteiger partial charge in [0.15, 0.2) is 0 Å². The van der Waals surface area contributed by atoms with Crippen LogP contribution in [0, 0.1) is 5.92 Å². The third-order valence-electron chi connectivity index (χ3n) is 3.98. The molecule has 106 valence electrons. The predicted molar refractivity (Wildman–Crippen MR) is 71.8 cm³/mol. The monoisotopic (exact) mass is 266 g/mol. The van der Waals surface area contributed by atoms with Crippen molar-refractivity contribution in [2.75, 3.05) is 6.54 Å². The Morgan fingerprint density at radius 1 is 1.21 bits per heavy atom. The van der Waals surface area contributed by atoms with Gasteiger partial charge in [0.25, 0.3) is 0 Å². The highest BCUT2D eigenvalue weighted by atomic mass is 16.4.